The van der Waals surface area contributed by atoms with E-state index in [2.05, 4.69) is 27.6 Å². The molecule has 0 spiro atoms. The van der Waals surface area contributed by atoms with Crippen molar-refractivity contribution in [2.45, 2.75) is 22.3 Å². The lowest BCUT2D eigenvalue weighted by molar-refractivity contribution is 0.102. The maximum atomic E-state index is 13.3. The van der Waals surface area contributed by atoms with E-state index in [4.69, 9.17) is 0 Å². The first kappa shape index (κ1) is 19.9. The van der Waals surface area contributed by atoms with Crippen molar-refractivity contribution in [1.82, 2.24) is 14.8 Å². The Morgan fingerprint density at radius 2 is 1.93 bits per heavy atom. The minimum Gasteiger partial charge on any atom is -0.315 e. The predicted molar refractivity (Wildman–Crippen MR) is 127 cm³/mol. The van der Waals surface area contributed by atoms with Crippen LogP contribution in [0.4, 0.5) is 5.13 Å². The number of carbonyl (C=O) groups is 1. The Hall–Kier alpha value is -2.07. The number of carbonyl (C=O) groups excluding carboxylic acids is 1. The van der Waals surface area contributed by atoms with Crippen molar-refractivity contribution in [3.8, 4) is 5.00 Å². The lowest BCUT2D eigenvalue weighted by atomic mass is 10.1. The first-order valence-electron chi connectivity index (χ1n) is 9.45. The molecule has 4 heterocycles. The molecule has 0 saturated carbocycles. The van der Waals surface area contributed by atoms with E-state index >= 15 is 0 Å². The normalized spacial score (nSPS) is 13.2. The van der Waals surface area contributed by atoms with Crippen LogP contribution in [-0.4, -0.2) is 26.4 Å². The Kier molecular flexibility index (Phi) is 5.94. The minimum absolute atomic E-state index is 0.0983. The number of amides is 1. The zero-order valence-corrected chi connectivity index (χ0v) is 19.2. The van der Waals surface area contributed by atoms with E-state index in [1.165, 1.54) is 27.3 Å². The summed E-state index contributed by atoms with van der Waals surface area (Å²) < 4.78 is 2.88. The number of benzene rings is 1. The Morgan fingerprint density at radius 1 is 1.10 bits per heavy atom. The van der Waals surface area contributed by atoms with Gasteiger partial charge in [0.25, 0.3) is 5.91 Å². The molecule has 1 N–H and O–H groups in total. The molecule has 30 heavy (non-hydrogen) atoms. The molecule has 0 saturated heterocycles. The number of hydrogen-bond acceptors (Lipinski definition) is 7. The van der Waals surface area contributed by atoms with Crippen LogP contribution in [0.2, 0.25) is 0 Å². The first-order valence-corrected chi connectivity index (χ1v) is 13.2. The van der Waals surface area contributed by atoms with Crippen molar-refractivity contribution in [2.75, 3.05) is 11.1 Å². The van der Waals surface area contributed by atoms with Gasteiger partial charge in [-0.1, -0.05) is 53.4 Å². The van der Waals surface area contributed by atoms with Gasteiger partial charge in [0, 0.05) is 28.8 Å². The van der Waals surface area contributed by atoms with E-state index in [0.29, 0.717) is 5.13 Å². The summed E-state index contributed by atoms with van der Waals surface area (Å²) in [5.74, 6) is 2.75. The zero-order chi connectivity index (χ0) is 20.3. The topological polar surface area (TPSA) is 59.8 Å². The summed E-state index contributed by atoms with van der Waals surface area (Å²) in [7, 11) is 0. The molecule has 1 aliphatic rings. The molecule has 0 radical (unpaired) electrons. The monoisotopic (exact) mass is 470 g/mol. The quantitative estimate of drug-likeness (QED) is 0.288. The Bertz CT molecular complexity index is 1150. The third kappa shape index (κ3) is 4.20. The van der Waals surface area contributed by atoms with Crippen LogP contribution in [0.5, 0.6) is 0 Å². The van der Waals surface area contributed by atoms with Gasteiger partial charge < -0.3 is 4.57 Å². The number of rotatable bonds is 6. The van der Waals surface area contributed by atoms with Gasteiger partial charge in [0.05, 0.1) is 5.56 Å². The van der Waals surface area contributed by atoms with Gasteiger partial charge in [0.15, 0.2) is 4.34 Å². The molecular formula is C21H18N4OS4. The molecular weight excluding hydrogens is 453 g/mol. The number of nitrogens with zero attached hydrogens (tertiary/aromatic N) is 3. The molecule has 1 aliphatic heterocycles. The average Bonchev–Trinajstić information content (AvgIpc) is 3.52. The van der Waals surface area contributed by atoms with Gasteiger partial charge in [-0.05, 0) is 35.4 Å². The molecule has 0 fully saturated rings. The van der Waals surface area contributed by atoms with Crippen LogP contribution in [0.3, 0.4) is 0 Å². The van der Waals surface area contributed by atoms with Crippen LogP contribution in [-0.2, 0) is 17.9 Å². The van der Waals surface area contributed by atoms with Gasteiger partial charge >= 0.3 is 0 Å². The van der Waals surface area contributed by atoms with Gasteiger partial charge in [0.1, 0.15) is 5.00 Å². The second-order valence-electron chi connectivity index (χ2n) is 6.68. The van der Waals surface area contributed by atoms with Gasteiger partial charge in [-0.15, -0.1) is 21.5 Å². The third-order valence-electron chi connectivity index (χ3n) is 4.70. The molecule has 4 aromatic rings. The van der Waals surface area contributed by atoms with Crippen molar-refractivity contribution in [3.63, 3.8) is 0 Å². The molecule has 0 aliphatic carbocycles. The highest BCUT2D eigenvalue weighted by molar-refractivity contribution is 8.00. The SMILES string of the molecule is O=C(Nc1nnc(SCc2ccccc2)s1)c1c(-n2cccc2)sc2c1CCSC2. The number of aromatic nitrogens is 3. The Morgan fingerprint density at radius 3 is 2.77 bits per heavy atom. The lowest BCUT2D eigenvalue weighted by Gasteiger charge is -2.12. The van der Waals surface area contributed by atoms with Crippen LogP contribution >= 0.6 is 46.2 Å². The summed E-state index contributed by atoms with van der Waals surface area (Å²) in [5, 5.41) is 12.9. The largest absolute Gasteiger partial charge is 0.315 e. The van der Waals surface area contributed by atoms with Gasteiger partial charge in [-0.25, -0.2) is 0 Å². The molecule has 1 aromatic carbocycles. The second-order valence-corrected chi connectivity index (χ2v) is 11.1. The molecule has 0 unspecified atom stereocenters. The Balaban J connectivity index is 1.35. The average molecular weight is 471 g/mol. The molecule has 1 amide bonds. The van der Waals surface area contributed by atoms with E-state index in [1.807, 2.05) is 59.1 Å². The maximum Gasteiger partial charge on any atom is 0.260 e. The number of thiophene rings is 1. The highest BCUT2D eigenvalue weighted by Crippen LogP contribution is 2.39. The highest BCUT2D eigenvalue weighted by atomic mass is 32.2. The molecule has 0 bridgehead atoms. The van der Waals surface area contributed by atoms with Gasteiger partial charge in [0.2, 0.25) is 5.13 Å². The van der Waals surface area contributed by atoms with Gasteiger partial charge in [-0.3, -0.25) is 10.1 Å². The fraction of sp³-hybridized carbons (Fsp3) is 0.190. The van der Waals surface area contributed by atoms with Crippen molar-refractivity contribution in [3.05, 3.63) is 76.4 Å². The summed E-state index contributed by atoms with van der Waals surface area (Å²) in [5.41, 5.74) is 3.20. The van der Waals surface area contributed by atoms with E-state index in [1.54, 1.807) is 23.1 Å². The van der Waals surface area contributed by atoms with Gasteiger partial charge in [-0.2, -0.15) is 11.8 Å². The first-order chi connectivity index (χ1) is 14.8. The Labute approximate surface area is 190 Å². The number of hydrogen-bond donors (Lipinski definition) is 1. The van der Waals surface area contributed by atoms with Crippen molar-refractivity contribution in [1.29, 1.82) is 0 Å². The lowest BCUT2D eigenvalue weighted by Crippen LogP contribution is -2.16. The van der Waals surface area contributed by atoms with Crippen LogP contribution in [0, 0.1) is 0 Å². The summed E-state index contributed by atoms with van der Waals surface area (Å²) in [6, 6.07) is 14.2. The predicted octanol–water partition coefficient (Wildman–Crippen LogP) is 5.72. The smallest absolute Gasteiger partial charge is 0.260 e. The fourth-order valence-corrected chi connectivity index (χ4v) is 7.45. The van der Waals surface area contributed by atoms with Crippen LogP contribution in [0.25, 0.3) is 5.00 Å². The van der Waals surface area contributed by atoms with Crippen molar-refractivity contribution in [2.24, 2.45) is 0 Å². The van der Waals surface area contributed by atoms with Crippen molar-refractivity contribution >= 4 is 57.2 Å². The van der Waals surface area contributed by atoms with E-state index < -0.39 is 0 Å². The van der Waals surface area contributed by atoms with Crippen LogP contribution < -0.4 is 5.32 Å². The standard InChI is InChI=1S/C21H18N4OS4/c26-18(22-20-23-24-21(30-20)28-12-14-6-2-1-3-7-14)17-15-8-11-27-13-16(15)29-19(17)25-9-4-5-10-25/h1-7,9-10H,8,11-13H2,(H,22,23,26). The van der Waals surface area contributed by atoms with E-state index in [0.717, 1.165) is 38.6 Å². The molecule has 0 atom stereocenters. The summed E-state index contributed by atoms with van der Waals surface area (Å²) in [4.78, 5) is 14.6. The minimum atomic E-state index is -0.0983. The van der Waals surface area contributed by atoms with Crippen LogP contribution in [0.15, 0.2) is 59.2 Å². The highest BCUT2D eigenvalue weighted by Gasteiger charge is 2.27. The van der Waals surface area contributed by atoms with Crippen LogP contribution in [0.1, 0.15) is 26.4 Å². The molecule has 5 nitrogen and oxygen atoms in total. The number of anilines is 1. The van der Waals surface area contributed by atoms with E-state index in [9.17, 15) is 4.79 Å². The molecule has 3 aromatic heterocycles. The number of fused-ring (bicyclic) bond motifs is 1. The number of nitrogens with one attached hydrogen (secondary N) is 1. The third-order valence-corrected chi connectivity index (χ3v) is 9.16. The van der Waals surface area contributed by atoms with E-state index in [-0.39, 0.29) is 5.91 Å². The second kappa shape index (κ2) is 8.97. The fourth-order valence-electron chi connectivity index (χ4n) is 3.30. The molecule has 9 heteroatoms. The molecule has 152 valence electrons. The maximum absolute atomic E-state index is 13.3. The summed E-state index contributed by atoms with van der Waals surface area (Å²) in [6.07, 6.45) is 4.91. The zero-order valence-electron chi connectivity index (χ0n) is 15.9. The number of thioether (sulfide) groups is 2. The van der Waals surface area contributed by atoms with Crippen molar-refractivity contribution < 1.29 is 4.79 Å². The summed E-state index contributed by atoms with van der Waals surface area (Å²) in [6.45, 7) is 0. The summed E-state index contributed by atoms with van der Waals surface area (Å²) >= 11 is 6.69. The molecule has 5 rings (SSSR count).